The van der Waals surface area contributed by atoms with Crippen molar-refractivity contribution in [1.82, 2.24) is 44.6 Å². The average Bonchev–Trinajstić information content (AvgIpc) is 1.61. The second-order valence-corrected chi connectivity index (χ2v) is 35.9. The predicted molar refractivity (Wildman–Crippen MR) is 415 cm³/mol. The first-order valence-corrected chi connectivity index (χ1v) is 42.7. The molecule has 5 aliphatic rings. The van der Waals surface area contributed by atoms with Gasteiger partial charge in [0.15, 0.2) is 58.5 Å². The second-order valence-electron chi connectivity index (χ2n) is 26.5. The summed E-state index contributed by atoms with van der Waals surface area (Å²) < 4.78 is 70.0. The molecule has 3 aromatic carbocycles. The zero-order valence-electron chi connectivity index (χ0n) is 62.3. The number of ether oxygens (including phenoxy) is 6. The van der Waals surface area contributed by atoms with Gasteiger partial charge < -0.3 is 91.9 Å². The molecule has 5 aliphatic heterocycles. The van der Waals surface area contributed by atoms with Gasteiger partial charge in [0.25, 0.3) is 0 Å². The first kappa shape index (κ1) is 90.2. The van der Waals surface area contributed by atoms with Crippen LogP contribution < -0.4 is 34.6 Å². The lowest BCUT2D eigenvalue weighted by Gasteiger charge is -2.33. The fourth-order valence-corrected chi connectivity index (χ4v) is 18.3. The van der Waals surface area contributed by atoms with Crippen LogP contribution in [0.4, 0.5) is 5.82 Å². The Morgan fingerprint density at radius 3 is 1.14 bits per heavy atom. The molecular formula is C72H87N10O25P3S3. The van der Waals surface area contributed by atoms with Gasteiger partial charge in [-0.15, -0.1) is 19.3 Å². The summed E-state index contributed by atoms with van der Waals surface area (Å²) in [6, 6.07) is 23.0. The van der Waals surface area contributed by atoms with Gasteiger partial charge in [-0.25, -0.2) is 30.2 Å². The van der Waals surface area contributed by atoms with Crippen molar-refractivity contribution in [3.8, 4) is 54.3 Å². The van der Waals surface area contributed by atoms with Gasteiger partial charge in [0.1, 0.15) is 83.8 Å². The number of aromatic nitrogens is 4. The third-order valence-electron chi connectivity index (χ3n) is 16.7. The molecule has 608 valence electrons. The summed E-state index contributed by atoms with van der Waals surface area (Å²) in [5, 5.41) is 74.5. The van der Waals surface area contributed by atoms with Crippen molar-refractivity contribution >= 4 is 114 Å². The summed E-state index contributed by atoms with van der Waals surface area (Å²) in [5.74, 6) is 3.79. The Labute approximate surface area is 666 Å². The molecule has 3 fully saturated rings. The van der Waals surface area contributed by atoms with Crippen LogP contribution in [0, 0.1) is 37.0 Å². The average molecular weight is 1680 g/mol. The third kappa shape index (κ3) is 22.6. The molecule has 11 N–H and O–H groups in total. The molecule has 2 aromatic heterocycles. The molecule has 35 nitrogen and oxygen atoms in total. The van der Waals surface area contributed by atoms with E-state index in [0.29, 0.717) is 17.2 Å². The number of nitrogens with two attached hydrogens (primary N) is 1. The highest BCUT2D eigenvalue weighted by atomic mass is 32.5. The van der Waals surface area contributed by atoms with E-state index in [-0.39, 0.29) is 41.9 Å². The Kier molecular flexibility index (Phi) is 31.0. The van der Waals surface area contributed by atoms with E-state index in [2.05, 4.69) is 48.0 Å². The summed E-state index contributed by atoms with van der Waals surface area (Å²) in [7, 11) is 0. The molecule has 0 radical (unpaired) electrons. The Bertz CT molecular complexity index is 4420. The van der Waals surface area contributed by atoms with E-state index in [1.54, 1.807) is 139 Å². The van der Waals surface area contributed by atoms with E-state index in [0.717, 1.165) is 34.4 Å². The van der Waals surface area contributed by atoms with E-state index in [1.165, 1.54) is 31.1 Å². The molecule has 113 heavy (non-hydrogen) atoms. The smallest absolute Gasteiger partial charge is 0.323 e. The molecule has 41 heteroatoms. The van der Waals surface area contributed by atoms with E-state index in [1.807, 2.05) is 0 Å². The second kappa shape index (κ2) is 38.8. The van der Waals surface area contributed by atoms with E-state index in [4.69, 9.17) is 116 Å². The number of hydrogen-bond acceptors (Lipinski definition) is 32. The maximum absolute atomic E-state index is 12.5. The number of fused-ring (bicyclic) bond motifs is 1. The van der Waals surface area contributed by atoms with E-state index in [9.17, 15) is 64.2 Å². The molecule has 5 aromatic rings. The number of amides is 2. The zero-order chi connectivity index (χ0) is 83.1. The Morgan fingerprint density at radius 1 is 0.531 bits per heavy atom. The number of nitrogen functional groups attached to an aromatic ring is 1. The monoisotopic (exact) mass is 1680 g/mol. The molecule has 3 saturated heterocycles. The third-order valence-corrected chi connectivity index (χ3v) is 24.2. The van der Waals surface area contributed by atoms with Crippen molar-refractivity contribution in [3.05, 3.63) is 128 Å². The number of hydrogen-bond donors (Lipinski definition) is 10. The van der Waals surface area contributed by atoms with Crippen molar-refractivity contribution in [2.45, 2.75) is 184 Å². The standard InChI is InChI=1S/C24H29N6O7PS.2C24H29N2O9PS/c1-5-24(33)19(31)17(36-23(24)30-13-28-18-20(25)26-12-27-21(18)30)11-34-38(39,37-16-9-7-6-8-10-16)29-15(4)22(32)35-14(2)3;2*1-5-24(31)21(29)19(34-23(24)26-12-11-17(27)13-20(26)28)14-32-36(37,35-18-9-7-6-8-10-18)25-16(4)22(30)33-15(2)3/h1,6-10,12-15,17,19,23,31,33H,11H2,2-4H3,(H,29,39)(H2,25,26,27);2*1,6-12,15-16,19,21,23,29,31H,13-14H2,2-4H3,(H,25,37)/t15-,17+,19+,23+,24+,38?;16-,19+,21+,23+,24+,36+;16-,19+,21+,23+,24+,36-/m000/s1. The van der Waals surface area contributed by atoms with Gasteiger partial charge in [-0.1, -0.05) is 72.4 Å². The summed E-state index contributed by atoms with van der Waals surface area (Å²) >= 11 is 17.0. The van der Waals surface area contributed by atoms with Gasteiger partial charge in [0.2, 0.25) is 11.8 Å². The Balaban J connectivity index is 0.000000213. The topological polar surface area (TPSA) is 464 Å². The quantitative estimate of drug-likeness (QED) is 0.0104. The van der Waals surface area contributed by atoms with Gasteiger partial charge in [0, 0.05) is 12.4 Å². The van der Waals surface area contributed by atoms with Crippen LogP contribution in [0.25, 0.3) is 11.2 Å². The number of esters is 3. The number of nitrogens with zero attached hydrogens (tertiary/aromatic N) is 6. The summed E-state index contributed by atoms with van der Waals surface area (Å²) in [4.78, 5) is 99.2. The van der Waals surface area contributed by atoms with Crippen LogP contribution in [0.3, 0.4) is 0 Å². The van der Waals surface area contributed by atoms with Gasteiger partial charge >= 0.3 is 37.8 Å². The number of allylic oxidation sites excluding steroid dienone is 2. The molecule has 1 unspecified atom stereocenters. The minimum absolute atomic E-state index is 0.122. The molecule has 0 aliphatic carbocycles. The van der Waals surface area contributed by atoms with Crippen LogP contribution in [-0.2, 0) is 111 Å². The lowest BCUT2D eigenvalue weighted by Crippen LogP contribution is -2.55. The molecule has 0 saturated carbocycles. The van der Waals surface area contributed by atoms with E-state index < -0.39 is 178 Å². The van der Waals surface area contributed by atoms with Crippen LogP contribution in [0.15, 0.2) is 128 Å². The molecule has 0 bridgehead atoms. The highest BCUT2D eigenvalue weighted by Crippen LogP contribution is 2.51. The number of anilines is 1. The maximum Gasteiger partial charge on any atom is 0.323 e. The van der Waals surface area contributed by atoms with Crippen molar-refractivity contribution in [2.75, 3.05) is 25.6 Å². The van der Waals surface area contributed by atoms with Crippen LogP contribution in [-0.4, -0.2) is 223 Å². The number of nitrogens with one attached hydrogen (secondary N) is 3. The minimum atomic E-state index is -3.48. The van der Waals surface area contributed by atoms with Crippen molar-refractivity contribution in [1.29, 1.82) is 0 Å². The van der Waals surface area contributed by atoms with E-state index >= 15 is 0 Å². The normalized spacial score (nSPS) is 27.1. The lowest BCUT2D eigenvalue weighted by atomic mass is 9.94. The molecular weight excluding hydrogens is 1590 g/mol. The maximum atomic E-state index is 12.5. The van der Waals surface area contributed by atoms with Crippen molar-refractivity contribution in [2.24, 2.45) is 0 Å². The first-order chi connectivity index (χ1) is 53.2. The van der Waals surface area contributed by atoms with Crippen LogP contribution >= 0.6 is 19.9 Å². The number of ketones is 2. The van der Waals surface area contributed by atoms with Crippen LogP contribution in [0.1, 0.15) is 81.4 Å². The number of terminal acetylenes is 3. The number of carbonyl (C=O) groups excluding carboxylic acids is 7. The number of aliphatic hydroxyl groups excluding tert-OH is 3. The number of rotatable bonds is 30. The predicted octanol–water partition coefficient (Wildman–Crippen LogP) is 3.28. The highest BCUT2D eigenvalue weighted by molar-refractivity contribution is 8.09. The van der Waals surface area contributed by atoms with Gasteiger partial charge in [0.05, 0.1) is 57.3 Å². The molecule has 2 amide bonds. The molecule has 7 heterocycles. The van der Waals surface area contributed by atoms with Gasteiger partial charge in [-0.05, 0) is 146 Å². The number of para-hydroxylation sites is 3. The lowest BCUT2D eigenvalue weighted by molar-refractivity contribution is -0.154. The summed E-state index contributed by atoms with van der Waals surface area (Å²) in [6.45, 7) is 3.31. The minimum Gasteiger partial charge on any atom is -0.462 e. The molecule has 18 atom stereocenters. The fraction of sp³-hybridized carbons (Fsp3) is 0.444. The Hall–Kier alpha value is -8.39. The number of aliphatic hydroxyl groups is 6. The first-order valence-electron chi connectivity index (χ1n) is 34.7. The SMILES string of the molecule is C#C[C@@]1(O)[C@H](O)[C@@H](COP(=S)(N[C@@H](C)C(=O)OC(C)C)Oc2ccccc2)O[C@H]1n1cnc2c(N)ncnc21.C#C[C@@]1(O)[C@H](O)[C@@H](CO[P@@](=S)(N[C@@H](C)C(=O)OC(C)C)Oc2ccccc2)O[C@H]1N1C=CC(=O)CC1=O.C#C[C@@]1(O)[C@H](O)[C@@H](CO[P@](=S)(N[C@@H](C)C(=O)OC(C)C)Oc2ccccc2)O[C@H]1N1C=CC(=O)CC1=O. The number of carbonyl (C=O) groups is 7. The fourth-order valence-electron chi connectivity index (χ4n) is 11.1. The molecule has 10 rings (SSSR count). The van der Waals surface area contributed by atoms with Gasteiger partial charge in [-0.3, -0.25) is 47.9 Å². The summed E-state index contributed by atoms with van der Waals surface area (Å²) in [6.07, 6.45) is 8.95. The Morgan fingerprint density at radius 2 is 0.841 bits per heavy atom. The molecule has 0 spiro atoms. The zero-order valence-corrected chi connectivity index (χ0v) is 67.5. The van der Waals surface area contributed by atoms with Crippen molar-refractivity contribution < 1.29 is 120 Å². The number of benzene rings is 3. The van der Waals surface area contributed by atoms with Gasteiger partial charge in [-0.2, -0.15) is 0 Å². The number of imidazole rings is 1. The van der Waals surface area contributed by atoms with Crippen molar-refractivity contribution in [3.63, 3.8) is 0 Å². The summed E-state index contributed by atoms with van der Waals surface area (Å²) in [5.41, 5.74) is -0.420. The van der Waals surface area contributed by atoms with Crippen LogP contribution in [0.2, 0.25) is 0 Å². The largest absolute Gasteiger partial charge is 0.462 e. The van der Waals surface area contributed by atoms with Crippen LogP contribution in [0.5, 0.6) is 17.2 Å². The highest BCUT2D eigenvalue weighted by Gasteiger charge is 2.61.